The maximum atomic E-state index is 10.2. The predicted octanol–water partition coefficient (Wildman–Crippen LogP) is -0.119. The molecule has 0 amide bonds. The van der Waals surface area contributed by atoms with Gasteiger partial charge in [0.25, 0.3) is 0 Å². The van der Waals surface area contributed by atoms with Crippen LogP contribution in [0.15, 0.2) is 12.4 Å². The number of ether oxygens (including phenoxy) is 2. The summed E-state index contributed by atoms with van der Waals surface area (Å²) >= 11 is 0. The third-order valence-corrected chi connectivity index (χ3v) is 2.40. The lowest BCUT2D eigenvalue weighted by Crippen LogP contribution is -2.08. The van der Waals surface area contributed by atoms with E-state index in [2.05, 4.69) is 20.2 Å². The predicted molar refractivity (Wildman–Crippen MR) is 62.2 cm³/mol. The smallest absolute Gasteiger partial charge is 0.241 e. The molecule has 96 valence electrons. The number of nitrogens with two attached hydrogens (primary N) is 1. The minimum atomic E-state index is -1.07. The van der Waals surface area contributed by atoms with Crippen molar-refractivity contribution in [3.63, 3.8) is 0 Å². The molecule has 2 heterocycles. The number of aromatic nitrogens is 4. The number of nitrogens with zero attached hydrogens (tertiary/aromatic N) is 3. The van der Waals surface area contributed by atoms with E-state index in [1.165, 1.54) is 26.6 Å². The van der Waals surface area contributed by atoms with Gasteiger partial charge in [0.1, 0.15) is 17.6 Å². The summed E-state index contributed by atoms with van der Waals surface area (Å²) in [4.78, 5) is 8.09. The molecular formula is C10H13N5O3. The number of anilines is 1. The zero-order chi connectivity index (χ0) is 13.1. The van der Waals surface area contributed by atoms with Gasteiger partial charge in [0.2, 0.25) is 11.8 Å². The van der Waals surface area contributed by atoms with Crippen molar-refractivity contribution in [3.05, 3.63) is 23.7 Å². The van der Waals surface area contributed by atoms with Crippen molar-refractivity contribution >= 4 is 5.82 Å². The van der Waals surface area contributed by atoms with Gasteiger partial charge in [-0.25, -0.2) is 4.98 Å². The maximum absolute atomic E-state index is 10.2. The topological polar surface area (TPSA) is 119 Å². The summed E-state index contributed by atoms with van der Waals surface area (Å²) in [6.45, 7) is 0. The van der Waals surface area contributed by atoms with Crippen LogP contribution in [0.5, 0.6) is 11.8 Å². The average molecular weight is 251 g/mol. The summed E-state index contributed by atoms with van der Waals surface area (Å²) in [5.74, 6) is 0.729. The van der Waals surface area contributed by atoms with Gasteiger partial charge in [-0.05, 0) is 0 Å². The molecular weight excluding hydrogens is 238 g/mol. The largest absolute Gasteiger partial charge is 0.480 e. The van der Waals surface area contributed by atoms with Gasteiger partial charge in [-0.2, -0.15) is 10.1 Å². The van der Waals surface area contributed by atoms with Crippen LogP contribution in [0, 0.1) is 0 Å². The molecule has 2 aromatic heterocycles. The van der Waals surface area contributed by atoms with Gasteiger partial charge in [-0.1, -0.05) is 0 Å². The number of rotatable bonds is 4. The van der Waals surface area contributed by atoms with Crippen LogP contribution in [-0.4, -0.2) is 39.5 Å². The van der Waals surface area contributed by atoms with Crippen molar-refractivity contribution in [1.29, 1.82) is 0 Å². The maximum Gasteiger partial charge on any atom is 0.241 e. The molecule has 0 radical (unpaired) electrons. The highest BCUT2D eigenvalue weighted by molar-refractivity contribution is 5.43. The lowest BCUT2D eigenvalue weighted by atomic mass is 10.1. The Hall–Kier alpha value is -2.35. The second kappa shape index (κ2) is 4.88. The molecule has 0 bridgehead atoms. The van der Waals surface area contributed by atoms with Gasteiger partial charge in [0, 0.05) is 5.56 Å². The Labute approximate surface area is 103 Å². The number of H-pyrrole nitrogens is 1. The van der Waals surface area contributed by atoms with Crippen molar-refractivity contribution in [1.82, 2.24) is 20.2 Å². The molecule has 8 heteroatoms. The van der Waals surface area contributed by atoms with Crippen LogP contribution >= 0.6 is 0 Å². The Balaban J connectivity index is 2.41. The van der Waals surface area contributed by atoms with Crippen molar-refractivity contribution in [3.8, 4) is 11.8 Å². The molecule has 8 nitrogen and oxygen atoms in total. The molecule has 4 N–H and O–H groups in total. The van der Waals surface area contributed by atoms with Crippen molar-refractivity contribution < 1.29 is 14.6 Å². The van der Waals surface area contributed by atoms with Crippen LogP contribution in [0.2, 0.25) is 0 Å². The number of aliphatic hydroxyl groups is 1. The van der Waals surface area contributed by atoms with E-state index >= 15 is 0 Å². The first-order chi connectivity index (χ1) is 8.67. The van der Waals surface area contributed by atoms with E-state index in [9.17, 15) is 5.11 Å². The van der Waals surface area contributed by atoms with Gasteiger partial charge in [-0.3, -0.25) is 5.10 Å². The van der Waals surface area contributed by atoms with Crippen LogP contribution in [0.3, 0.4) is 0 Å². The summed E-state index contributed by atoms with van der Waals surface area (Å²) in [6.07, 6.45) is 1.74. The zero-order valence-corrected chi connectivity index (χ0v) is 9.91. The van der Waals surface area contributed by atoms with Gasteiger partial charge in [0.15, 0.2) is 0 Å². The zero-order valence-electron chi connectivity index (χ0n) is 9.91. The van der Waals surface area contributed by atoms with Crippen LogP contribution in [-0.2, 0) is 0 Å². The number of hydrogen-bond donors (Lipinski definition) is 3. The lowest BCUT2D eigenvalue weighted by molar-refractivity contribution is 0.207. The Bertz CT molecular complexity index is 542. The van der Waals surface area contributed by atoms with Gasteiger partial charge >= 0.3 is 0 Å². The standard InChI is InChI=1S/C10H13N5O3/c1-17-6-4-12-7(10(14-6)18-2)8(16)5-3-13-15-9(5)11/h3-4,8,16H,1-2H3,(H3,11,13,15). The minimum Gasteiger partial charge on any atom is -0.480 e. The first kappa shape index (κ1) is 12.1. The van der Waals surface area contributed by atoms with E-state index in [-0.39, 0.29) is 17.4 Å². The molecule has 0 aromatic carbocycles. The minimum absolute atomic E-state index is 0.169. The van der Waals surface area contributed by atoms with Gasteiger partial charge in [-0.15, -0.1) is 0 Å². The molecule has 1 atom stereocenters. The molecule has 0 aliphatic heterocycles. The number of nitrogens with one attached hydrogen (secondary N) is 1. The third-order valence-electron chi connectivity index (χ3n) is 2.40. The Morgan fingerprint density at radius 3 is 2.67 bits per heavy atom. The lowest BCUT2D eigenvalue weighted by Gasteiger charge is -2.12. The second-order valence-electron chi connectivity index (χ2n) is 3.45. The fraction of sp³-hybridized carbons (Fsp3) is 0.300. The van der Waals surface area contributed by atoms with Crippen molar-refractivity contribution in [2.75, 3.05) is 20.0 Å². The Morgan fingerprint density at radius 2 is 2.11 bits per heavy atom. The highest BCUT2D eigenvalue weighted by atomic mass is 16.5. The Morgan fingerprint density at radius 1 is 1.33 bits per heavy atom. The summed E-state index contributed by atoms with van der Waals surface area (Å²) in [6, 6.07) is 0. The number of nitrogen functional groups attached to an aromatic ring is 1. The first-order valence-electron chi connectivity index (χ1n) is 5.09. The van der Waals surface area contributed by atoms with E-state index in [1.54, 1.807) is 0 Å². The molecule has 18 heavy (non-hydrogen) atoms. The van der Waals surface area contributed by atoms with E-state index in [1.807, 2.05) is 0 Å². The molecule has 0 aliphatic carbocycles. The molecule has 0 fully saturated rings. The van der Waals surface area contributed by atoms with E-state index in [0.29, 0.717) is 11.4 Å². The number of methoxy groups -OCH3 is 2. The van der Waals surface area contributed by atoms with Crippen LogP contribution in [0.1, 0.15) is 17.4 Å². The fourth-order valence-electron chi connectivity index (χ4n) is 1.47. The van der Waals surface area contributed by atoms with Gasteiger partial charge in [0.05, 0.1) is 26.6 Å². The molecule has 0 saturated carbocycles. The molecule has 0 aliphatic rings. The monoisotopic (exact) mass is 251 g/mol. The molecule has 2 aromatic rings. The van der Waals surface area contributed by atoms with Crippen LogP contribution in [0.4, 0.5) is 5.82 Å². The number of aliphatic hydroxyl groups excluding tert-OH is 1. The molecule has 0 saturated heterocycles. The first-order valence-corrected chi connectivity index (χ1v) is 5.09. The normalized spacial score (nSPS) is 12.2. The second-order valence-corrected chi connectivity index (χ2v) is 3.45. The fourth-order valence-corrected chi connectivity index (χ4v) is 1.47. The van der Waals surface area contributed by atoms with Crippen molar-refractivity contribution in [2.24, 2.45) is 0 Å². The highest BCUT2D eigenvalue weighted by Crippen LogP contribution is 2.29. The SMILES string of the molecule is COc1cnc(C(O)c2cn[nH]c2N)c(OC)n1. The average Bonchev–Trinajstić information content (AvgIpc) is 2.83. The summed E-state index contributed by atoms with van der Waals surface area (Å²) < 4.78 is 9.99. The number of aromatic amines is 1. The van der Waals surface area contributed by atoms with Gasteiger partial charge < -0.3 is 20.3 Å². The molecule has 1 unspecified atom stereocenters. The van der Waals surface area contributed by atoms with Crippen molar-refractivity contribution in [2.45, 2.75) is 6.10 Å². The number of hydrogen-bond acceptors (Lipinski definition) is 7. The van der Waals surface area contributed by atoms with E-state index < -0.39 is 6.10 Å². The summed E-state index contributed by atoms with van der Waals surface area (Å²) in [5.41, 5.74) is 6.29. The quantitative estimate of drug-likeness (QED) is 0.693. The summed E-state index contributed by atoms with van der Waals surface area (Å²) in [5, 5.41) is 16.4. The van der Waals surface area contributed by atoms with Crippen LogP contribution in [0.25, 0.3) is 0 Å². The molecule has 0 spiro atoms. The highest BCUT2D eigenvalue weighted by Gasteiger charge is 2.22. The Kier molecular flexibility index (Phi) is 3.28. The summed E-state index contributed by atoms with van der Waals surface area (Å²) in [7, 11) is 2.89. The van der Waals surface area contributed by atoms with E-state index in [0.717, 1.165) is 0 Å². The third kappa shape index (κ3) is 2.05. The van der Waals surface area contributed by atoms with Crippen LogP contribution < -0.4 is 15.2 Å². The molecule has 2 rings (SSSR count). The van der Waals surface area contributed by atoms with E-state index in [4.69, 9.17) is 15.2 Å².